The maximum atomic E-state index is 13.2. The van der Waals surface area contributed by atoms with E-state index in [1.54, 1.807) is 45.7 Å². The van der Waals surface area contributed by atoms with Crippen LogP contribution in [-0.2, 0) is 10.0 Å². The van der Waals surface area contributed by atoms with Gasteiger partial charge in [0.15, 0.2) is 5.75 Å². The summed E-state index contributed by atoms with van der Waals surface area (Å²) in [6.07, 6.45) is 9.04. The highest BCUT2D eigenvalue weighted by Gasteiger charge is 2.34. The lowest BCUT2D eigenvalue weighted by Crippen LogP contribution is -2.47. The Kier molecular flexibility index (Phi) is 6.37. The van der Waals surface area contributed by atoms with Crippen molar-refractivity contribution in [1.29, 1.82) is 0 Å². The number of aromatic amines is 1. The maximum Gasteiger partial charge on any atom is 0.243 e. The van der Waals surface area contributed by atoms with Crippen LogP contribution in [0.15, 0.2) is 52.4 Å². The van der Waals surface area contributed by atoms with Gasteiger partial charge in [0.25, 0.3) is 0 Å². The smallest absolute Gasteiger partial charge is 0.243 e. The summed E-state index contributed by atoms with van der Waals surface area (Å²) < 4.78 is 36.6. The Hall–Kier alpha value is -3.03. The lowest BCUT2D eigenvalue weighted by Gasteiger charge is -2.36. The molecular formula is C24H27BrN8O3S. The van der Waals surface area contributed by atoms with E-state index in [4.69, 9.17) is 9.72 Å². The van der Waals surface area contributed by atoms with Crippen LogP contribution in [0.1, 0.15) is 32.6 Å². The second-order valence-electron chi connectivity index (χ2n) is 9.62. The van der Waals surface area contributed by atoms with Gasteiger partial charge in [-0.05, 0) is 49.8 Å². The van der Waals surface area contributed by atoms with E-state index in [9.17, 15) is 8.42 Å². The van der Waals surface area contributed by atoms with Crippen molar-refractivity contribution < 1.29 is 13.2 Å². The van der Waals surface area contributed by atoms with Crippen LogP contribution < -0.4 is 10.1 Å². The molecule has 0 unspecified atom stereocenters. The van der Waals surface area contributed by atoms with Crippen molar-refractivity contribution in [3.8, 4) is 17.0 Å². The Morgan fingerprint density at radius 1 is 1.24 bits per heavy atom. The Labute approximate surface area is 222 Å². The predicted molar refractivity (Wildman–Crippen MR) is 141 cm³/mol. The number of halogens is 1. The number of piperidine rings is 1. The van der Waals surface area contributed by atoms with Gasteiger partial charge in [0, 0.05) is 35.4 Å². The molecule has 1 aliphatic carbocycles. The fourth-order valence-electron chi connectivity index (χ4n) is 4.73. The van der Waals surface area contributed by atoms with Gasteiger partial charge < -0.3 is 10.1 Å². The highest BCUT2D eigenvalue weighted by molar-refractivity contribution is 9.10. The fraction of sp³-hybridized carbons (Fsp3) is 0.417. The Morgan fingerprint density at radius 2 is 2.11 bits per heavy atom. The summed E-state index contributed by atoms with van der Waals surface area (Å²) in [5, 5.41) is 14.9. The minimum atomic E-state index is -3.57. The summed E-state index contributed by atoms with van der Waals surface area (Å²) in [4.78, 5) is 9.63. The van der Waals surface area contributed by atoms with Gasteiger partial charge in [-0.25, -0.2) is 13.4 Å². The molecule has 0 bridgehead atoms. The molecular weight excluding hydrogens is 560 g/mol. The fourth-order valence-corrected chi connectivity index (χ4v) is 6.88. The van der Waals surface area contributed by atoms with Crippen LogP contribution in [0.4, 0.5) is 5.95 Å². The monoisotopic (exact) mass is 586 g/mol. The second-order valence-corrected chi connectivity index (χ2v) is 12.5. The normalized spacial score (nSPS) is 21.1. The van der Waals surface area contributed by atoms with Gasteiger partial charge in [0.1, 0.15) is 12.0 Å². The summed E-state index contributed by atoms with van der Waals surface area (Å²) in [7, 11) is -3.57. The highest BCUT2D eigenvalue weighted by Crippen LogP contribution is 2.35. The first-order chi connectivity index (χ1) is 17.9. The van der Waals surface area contributed by atoms with Crippen LogP contribution in [-0.4, -0.2) is 67.7 Å². The zero-order valence-corrected chi connectivity index (χ0v) is 22.6. The lowest BCUT2D eigenvalue weighted by molar-refractivity contribution is 0.121. The van der Waals surface area contributed by atoms with Gasteiger partial charge in [-0.15, -0.1) is 5.10 Å². The van der Waals surface area contributed by atoms with Crippen molar-refractivity contribution in [2.45, 2.75) is 49.6 Å². The molecule has 4 heterocycles. The summed E-state index contributed by atoms with van der Waals surface area (Å²) in [6.45, 7) is 2.86. The molecule has 2 fully saturated rings. The van der Waals surface area contributed by atoms with Crippen molar-refractivity contribution in [3.63, 3.8) is 0 Å². The number of hydrogen-bond acceptors (Lipinski definition) is 8. The van der Waals surface area contributed by atoms with E-state index in [1.165, 1.54) is 0 Å². The SMILES string of the molecule is C[C@@H]1CN(S(=O)(=O)c2cccc(Br)c2)CC[C@@H]1Nc1nc2c(OC3CCC3)c(-c3cn[nH]c3)ncn2n1. The average Bonchev–Trinajstić information content (AvgIpc) is 3.52. The van der Waals surface area contributed by atoms with Crippen LogP contribution in [0.25, 0.3) is 16.9 Å². The molecule has 2 atom stereocenters. The molecule has 0 radical (unpaired) electrons. The first-order valence-corrected chi connectivity index (χ1v) is 14.6. The van der Waals surface area contributed by atoms with E-state index >= 15 is 0 Å². The number of aromatic nitrogens is 6. The molecule has 194 valence electrons. The number of rotatable bonds is 7. The topological polar surface area (TPSA) is 130 Å². The minimum Gasteiger partial charge on any atom is -0.484 e. The van der Waals surface area contributed by atoms with Gasteiger partial charge in [0.2, 0.25) is 21.6 Å². The zero-order chi connectivity index (χ0) is 25.6. The molecule has 2 N–H and O–H groups in total. The van der Waals surface area contributed by atoms with E-state index in [0.717, 1.165) is 29.3 Å². The molecule has 1 aromatic carbocycles. The third kappa shape index (κ3) is 4.71. The number of sulfonamides is 1. The molecule has 1 aliphatic heterocycles. The third-order valence-electron chi connectivity index (χ3n) is 7.07. The Morgan fingerprint density at radius 3 is 2.81 bits per heavy atom. The van der Waals surface area contributed by atoms with Crippen LogP contribution in [0.2, 0.25) is 0 Å². The number of nitrogens with zero attached hydrogens (tertiary/aromatic N) is 6. The molecule has 6 rings (SSSR count). The second kappa shape index (κ2) is 9.69. The average molecular weight is 588 g/mol. The number of anilines is 1. The summed E-state index contributed by atoms with van der Waals surface area (Å²) in [6, 6.07) is 6.84. The molecule has 37 heavy (non-hydrogen) atoms. The molecule has 0 spiro atoms. The van der Waals surface area contributed by atoms with E-state index < -0.39 is 10.0 Å². The van der Waals surface area contributed by atoms with Crippen molar-refractivity contribution in [1.82, 2.24) is 34.1 Å². The van der Waals surface area contributed by atoms with E-state index in [-0.39, 0.29) is 18.1 Å². The van der Waals surface area contributed by atoms with E-state index in [0.29, 0.717) is 47.4 Å². The first kappa shape index (κ1) is 24.3. The van der Waals surface area contributed by atoms with Crippen LogP contribution in [0.3, 0.4) is 0 Å². The van der Waals surface area contributed by atoms with Crippen molar-refractivity contribution in [3.05, 3.63) is 47.5 Å². The molecule has 4 aromatic rings. The molecule has 1 saturated heterocycles. The van der Waals surface area contributed by atoms with Crippen molar-refractivity contribution in [2.24, 2.45) is 5.92 Å². The number of ether oxygens (including phenoxy) is 1. The number of H-pyrrole nitrogens is 1. The molecule has 3 aromatic heterocycles. The quantitative estimate of drug-likeness (QED) is 0.335. The molecule has 1 saturated carbocycles. The van der Waals surface area contributed by atoms with Gasteiger partial charge in [0.05, 0.1) is 17.2 Å². The van der Waals surface area contributed by atoms with Crippen molar-refractivity contribution in [2.75, 3.05) is 18.4 Å². The largest absolute Gasteiger partial charge is 0.484 e. The van der Waals surface area contributed by atoms with Gasteiger partial charge in [-0.1, -0.05) is 28.9 Å². The van der Waals surface area contributed by atoms with Crippen LogP contribution >= 0.6 is 15.9 Å². The number of benzene rings is 1. The predicted octanol–water partition coefficient (Wildman–Crippen LogP) is 3.72. The molecule has 2 aliphatic rings. The standard InChI is InChI=1S/C24H27BrN8O3S/c1-15-13-32(37(34,35)19-7-2-4-17(25)10-19)9-8-20(15)29-24-30-23-22(36-18-5-3-6-18)21(16-11-27-28-12-16)26-14-33(23)31-24/h2,4,7,10-12,14-15,18,20H,3,5-6,8-9,13H2,1H3,(H,27,28)(H,29,31)/t15-,20+/m1/s1. The molecule has 13 heteroatoms. The van der Waals surface area contributed by atoms with Crippen LogP contribution in [0.5, 0.6) is 5.75 Å². The lowest BCUT2D eigenvalue weighted by atomic mass is 9.95. The van der Waals surface area contributed by atoms with Crippen LogP contribution in [0, 0.1) is 5.92 Å². The number of hydrogen-bond donors (Lipinski definition) is 2. The van der Waals surface area contributed by atoms with Gasteiger partial charge in [-0.2, -0.15) is 18.9 Å². The zero-order valence-electron chi connectivity index (χ0n) is 20.2. The highest BCUT2D eigenvalue weighted by atomic mass is 79.9. The van der Waals surface area contributed by atoms with E-state index in [2.05, 4.69) is 41.5 Å². The van der Waals surface area contributed by atoms with Crippen molar-refractivity contribution >= 4 is 37.5 Å². The molecule has 0 amide bonds. The van der Waals surface area contributed by atoms with Gasteiger partial charge in [-0.3, -0.25) is 5.10 Å². The maximum absolute atomic E-state index is 13.2. The summed E-state index contributed by atoms with van der Waals surface area (Å²) in [5.41, 5.74) is 2.08. The summed E-state index contributed by atoms with van der Waals surface area (Å²) in [5.74, 6) is 1.11. The minimum absolute atomic E-state index is 0.0173. The van der Waals surface area contributed by atoms with Gasteiger partial charge >= 0.3 is 0 Å². The first-order valence-electron chi connectivity index (χ1n) is 12.3. The third-order valence-corrected chi connectivity index (χ3v) is 9.42. The Bertz CT molecular complexity index is 1520. The number of nitrogens with one attached hydrogen (secondary N) is 2. The van der Waals surface area contributed by atoms with E-state index in [1.807, 2.05) is 13.0 Å². The number of fused-ring (bicyclic) bond motifs is 1. The Balaban J connectivity index is 1.22. The summed E-state index contributed by atoms with van der Waals surface area (Å²) >= 11 is 3.37. The molecule has 11 nitrogen and oxygen atoms in total.